The number of guanidine groups is 1. The molecule has 6 nitrogen and oxygen atoms in total. The fourth-order valence-electron chi connectivity index (χ4n) is 2.16. The zero-order valence-corrected chi connectivity index (χ0v) is 10.9. The fraction of sp³-hybridized carbons (Fsp3) is 0.385. The number of hydrazine groups is 1. The van der Waals surface area contributed by atoms with Gasteiger partial charge in [0, 0.05) is 31.8 Å². The molecule has 0 spiro atoms. The van der Waals surface area contributed by atoms with E-state index >= 15 is 0 Å². The van der Waals surface area contributed by atoms with Crippen molar-refractivity contribution in [3.63, 3.8) is 0 Å². The second-order valence-electron chi connectivity index (χ2n) is 4.57. The molecule has 102 valence electrons. The third-order valence-corrected chi connectivity index (χ3v) is 3.08. The Morgan fingerprint density at radius 1 is 1.47 bits per heavy atom. The summed E-state index contributed by atoms with van der Waals surface area (Å²) in [5.41, 5.74) is 6.96. The molecule has 1 aliphatic heterocycles. The Balaban J connectivity index is 2.19. The molecule has 0 atom stereocenters. The lowest BCUT2D eigenvalue weighted by atomic mass is 10.0. The Morgan fingerprint density at radius 3 is 2.74 bits per heavy atom. The van der Waals surface area contributed by atoms with Crippen molar-refractivity contribution in [3.05, 3.63) is 36.0 Å². The van der Waals surface area contributed by atoms with Crippen LogP contribution in [-0.2, 0) is 4.79 Å². The first-order chi connectivity index (χ1) is 9.09. The topological polar surface area (TPSA) is 85.5 Å². The van der Waals surface area contributed by atoms with E-state index in [2.05, 4.69) is 11.9 Å². The van der Waals surface area contributed by atoms with Crippen LogP contribution in [-0.4, -0.2) is 48.1 Å². The van der Waals surface area contributed by atoms with E-state index in [0.29, 0.717) is 18.7 Å². The van der Waals surface area contributed by atoms with Crippen LogP contribution in [0.1, 0.15) is 6.42 Å². The molecular formula is C13H19N5O. The third kappa shape index (κ3) is 3.10. The van der Waals surface area contributed by atoms with Gasteiger partial charge < -0.3 is 11.1 Å². The molecule has 6 heteroatoms. The maximum Gasteiger partial charge on any atom is 0.275 e. The van der Waals surface area contributed by atoms with E-state index in [4.69, 9.17) is 11.1 Å². The van der Waals surface area contributed by atoms with Crippen molar-refractivity contribution in [2.45, 2.75) is 6.42 Å². The molecule has 1 amide bonds. The Labute approximate surface area is 112 Å². The van der Waals surface area contributed by atoms with E-state index < -0.39 is 0 Å². The van der Waals surface area contributed by atoms with Gasteiger partial charge in [0.1, 0.15) is 0 Å². The van der Waals surface area contributed by atoms with Crippen LogP contribution in [0.3, 0.4) is 0 Å². The van der Waals surface area contributed by atoms with Crippen LogP contribution in [0.4, 0.5) is 0 Å². The van der Waals surface area contributed by atoms with Crippen LogP contribution >= 0.6 is 0 Å². The van der Waals surface area contributed by atoms with Gasteiger partial charge in [-0.05, 0) is 12.5 Å². The van der Waals surface area contributed by atoms with E-state index in [1.54, 1.807) is 17.2 Å². The lowest BCUT2D eigenvalue weighted by Gasteiger charge is -2.36. The average Bonchev–Trinajstić information content (AvgIpc) is 2.39. The second kappa shape index (κ2) is 5.81. The van der Waals surface area contributed by atoms with Gasteiger partial charge in [0.05, 0.1) is 0 Å². The van der Waals surface area contributed by atoms with Crippen LogP contribution in [0, 0.1) is 5.41 Å². The smallest absolute Gasteiger partial charge is 0.275 e. The number of carbonyl (C=O) groups excluding carboxylic acids is 1. The van der Waals surface area contributed by atoms with Crippen molar-refractivity contribution >= 4 is 11.9 Å². The summed E-state index contributed by atoms with van der Waals surface area (Å²) in [6, 6.07) is 0. The van der Waals surface area contributed by atoms with E-state index in [1.165, 1.54) is 5.01 Å². The summed E-state index contributed by atoms with van der Waals surface area (Å²) in [6.45, 7) is 6.72. The highest BCUT2D eigenvalue weighted by molar-refractivity contribution is 6.05. The number of hydrogen-bond donors (Lipinski definition) is 3. The summed E-state index contributed by atoms with van der Waals surface area (Å²) in [4.78, 5) is 12.5. The summed E-state index contributed by atoms with van der Waals surface area (Å²) >= 11 is 0. The Hall–Kier alpha value is -1.92. The molecule has 0 aromatic heterocycles. The van der Waals surface area contributed by atoms with E-state index in [1.807, 2.05) is 6.08 Å². The van der Waals surface area contributed by atoms with Crippen LogP contribution in [0.15, 0.2) is 36.0 Å². The van der Waals surface area contributed by atoms with Gasteiger partial charge in [-0.15, -0.1) is 0 Å². The normalized spacial score (nSPS) is 20.0. The molecule has 1 heterocycles. The molecule has 0 aromatic rings. The fourth-order valence-corrected chi connectivity index (χ4v) is 2.16. The molecule has 0 unspecified atom stereocenters. The molecule has 4 N–H and O–H groups in total. The molecule has 1 saturated heterocycles. The SMILES string of the molecule is C=C1C=C(C(=O)N(C(=N)N)N2CCNCC2)C=CC1. The number of hydrogen-bond acceptors (Lipinski definition) is 4. The van der Waals surface area contributed by atoms with E-state index in [9.17, 15) is 4.79 Å². The predicted octanol–water partition coefficient (Wildman–Crippen LogP) is -0.0288. The second-order valence-corrected chi connectivity index (χ2v) is 4.57. The summed E-state index contributed by atoms with van der Waals surface area (Å²) in [6.07, 6.45) is 6.16. The summed E-state index contributed by atoms with van der Waals surface area (Å²) in [7, 11) is 0. The first-order valence-corrected chi connectivity index (χ1v) is 6.29. The minimum atomic E-state index is -0.272. The van der Waals surface area contributed by atoms with Gasteiger partial charge in [-0.2, -0.15) is 0 Å². The maximum absolute atomic E-state index is 12.5. The van der Waals surface area contributed by atoms with E-state index in [-0.39, 0.29) is 11.9 Å². The predicted molar refractivity (Wildman–Crippen MR) is 74.2 cm³/mol. The van der Waals surface area contributed by atoms with Crippen molar-refractivity contribution in [2.24, 2.45) is 5.73 Å². The summed E-state index contributed by atoms with van der Waals surface area (Å²) in [5, 5.41) is 13.9. The van der Waals surface area contributed by atoms with E-state index in [0.717, 1.165) is 25.1 Å². The number of piperazine rings is 1. The van der Waals surface area contributed by atoms with Crippen molar-refractivity contribution in [1.82, 2.24) is 15.3 Å². The number of nitrogens with two attached hydrogens (primary N) is 1. The van der Waals surface area contributed by atoms with Gasteiger partial charge >= 0.3 is 0 Å². The van der Waals surface area contributed by atoms with Gasteiger partial charge in [0.25, 0.3) is 5.91 Å². The lowest BCUT2D eigenvalue weighted by molar-refractivity contribution is -0.135. The van der Waals surface area contributed by atoms with Crippen LogP contribution in [0.25, 0.3) is 0 Å². The van der Waals surface area contributed by atoms with Crippen LogP contribution in [0.2, 0.25) is 0 Å². The Kier molecular flexibility index (Phi) is 4.13. The molecule has 0 saturated carbocycles. The quantitative estimate of drug-likeness (QED) is 0.481. The molecule has 1 fully saturated rings. The van der Waals surface area contributed by atoms with Gasteiger partial charge in [0.15, 0.2) is 0 Å². The average molecular weight is 261 g/mol. The first-order valence-electron chi connectivity index (χ1n) is 6.29. The number of nitrogens with one attached hydrogen (secondary N) is 2. The molecule has 2 aliphatic rings. The molecule has 0 bridgehead atoms. The Bertz CT molecular complexity index is 460. The zero-order valence-electron chi connectivity index (χ0n) is 10.9. The van der Waals surface area contributed by atoms with Crippen LogP contribution < -0.4 is 11.1 Å². The number of amides is 1. The van der Waals surface area contributed by atoms with Crippen molar-refractivity contribution in [3.8, 4) is 0 Å². The third-order valence-electron chi connectivity index (χ3n) is 3.08. The monoisotopic (exact) mass is 261 g/mol. The molecule has 19 heavy (non-hydrogen) atoms. The van der Waals surface area contributed by atoms with Crippen LogP contribution in [0.5, 0.6) is 0 Å². The largest absolute Gasteiger partial charge is 0.369 e. The van der Waals surface area contributed by atoms with Gasteiger partial charge in [-0.1, -0.05) is 24.3 Å². The highest BCUT2D eigenvalue weighted by atomic mass is 16.2. The van der Waals surface area contributed by atoms with Crippen molar-refractivity contribution in [2.75, 3.05) is 26.2 Å². The number of allylic oxidation sites excluding steroid dienone is 3. The molecule has 1 aliphatic carbocycles. The van der Waals surface area contributed by atoms with Gasteiger partial charge in [-0.25, -0.2) is 10.0 Å². The number of nitrogens with zero attached hydrogens (tertiary/aromatic N) is 2. The molecule has 2 rings (SSSR count). The molecule has 0 radical (unpaired) electrons. The maximum atomic E-state index is 12.5. The first kappa shape index (κ1) is 13.5. The van der Waals surface area contributed by atoms with Gasteiger partial charge in [0.2, 0.25) is 5.96 Å². The summed E-state index contributed by atoms with van der Waals surface area (Å²) in [5.74, 6) is -0.524. The Morgan fingerprint density at radius 2 is 2.16 bits per heavy atom. The zero-order chi connectivity index (χ0) is 13.8. The highest BCUT2D eigenvalue weighted by Gasteiger charge is 2.27. The van der Waals surface area contributed by atoms with Gasteiger partial charge in [-0.3, -0.25) is 10.2 Å². The lowest BCUT2D eigenvalue weighted by Crippen LogP contribution is -2.58. The highest BCUT2D eigenvalue weighted by Crippen LogP contribution is 2.17. The minimum Gasteiger partial charge on any atom is -0.369 e. The number of rotatable bonds is 2. The van der Waals surface area contributed by atoms with Crippen molar-refractivity contribution in [1.29, 1.82) is 5.41 Å². The standard InChI is InChI=1S/C13H19N5O/c1-10-3-2-4-11(9-10)12(19)18(13(14)15)17-7-5-16-6-8-17/h2,4,9,16H,1,3,5-8H2,(H3,14,15). The molecule has 0 aromatic carbocycles. The summed E-state index contributed by atoms with van der Waals surface area (Å²) < 4.78 is 0. The minimum absolute atomic E-state index is 0.252. The van der Waals surface area contributed by atoms with Crippen molar-refractivity contribution < 1.29 is 4.79 Å². The molecular weight excluding hydrogens is 242 g/mol. The number of carbonyl (C=O) groups is 1.